The smallest absolute Gasteiger partial charge is 0.268 e. The molecule has 3 amide bonds. The normalized spacial score (nSPS) is 19.2. The van der Waals surface area contributed by atoms with E-state index in [-0.39, 0.29) is 30.0 Å². The molecule has 5 aromatic rings. The summed E-state index contributed by atoms with van der Waals surface area (Å²) in [5, 5.41) is 18.0. The zero-order valence-corrected chi connectivity index (χ0v) is 33.0. The summed E-state index contributed by atoms with van der Waals surface area (Å²) in [6.45, 7) is -0.491. The summed E-state index contributed by atoms with van der Waals surface area (Å²) in [6, 6.07) is 27.3. The number of nitrogens with zero attached hydrogens (tertiary/aromatic N) is 3. The molecule has 0 bridgehead atoms. The lowest BCUT2D eigenvalue weighted by atomic mass is 9.81. The van der Waals surface area contributed by atoms with Gasteiger partial charge in [0.25, 0.3) is 11.8 Å². The van der Waals surface area contributed by atoms with Gasteiger partial charge in [0.15, 0.2) is 0 Å². The van der Waals surface area contributed by atoms with Gasteiger partial charge in [0, 0.05) is 48.0 Å². The molecule has 4 aromatic carbocycles. The maximum absolute atomic E-state index is 14.0. The highest BCUT2D eigenvalue weighted by Gasteiger charge is 2.47. The Bertz CT molecular complexity index is 2380. The molecule has 1 saturated heterocycles. The first-order valence-electron chi connectivity index (χ1n) is 20.1. The van der Waals surface area contributed by atoms with Gasteiger partial charge in [0.05, 0.1) is 44.0 Å². The molecule has 1 aliphatic carbocycles. The lowest BCUT2D eigenvalue weighted by molar-refractivity contribution is -0.131. The molecule has 2 atom stereocenters. The highest BCUT2D eigenvalue weighted by molar-refractivity contribution is 6.07. The maximum Gasteiger partial charge on any atom is 0.268 e. The Morgan fingerprint density at radius 3 is 2.56 bits per heavy atom. The van der Waals surface area contributed by atoms with Crippen LogP contribution in [0.4, 0.5) is 8.78 Å². The quantitative estimate of drug-likeness (QED) is 0.110. The van der Waals surface area contributed by atoms with Crippen molar-refractivity contribution >= 4 is 39.4 Å². The topological polar surface area (TPSA) is 160 Å². The number of likely N-dealkylation sites (tertiary alicyclic amines) is 1. The van der Waals surface area contributed by atoms with Crippen LogP contribution in [0.5, 0.6) is 11.5 Å². The van der Waals surface area contributed by atoms with E-state index in [0.717, 1.165) is 58.0 Å². The van der Waals surface area contributed by atoms with E-state index < -0.39 is 43.3 Å². The van der Waals surface area contributed by atoms with Crippen LogP contribution in [0, 0.1) is 23.2 Å². The fourth-order valence-corrected chi connectivity index (χ4v) is 8.21. The summed E-state index contributed by atoms with van der Waals surface area (Å²) >= 11 is 0. The highest BCUT2D eigenvalue weighted by atomic mass is 19.3. The molecule has 11 nitrogen and oxygen atoms in total. The molecule has 2 aliphatic rings. The number of alkyl halides is 2. The summed E-state index contributed by atoms with van der Waals surface area (Å²) in [4.78, 5) is 45.1. The number of fused-ring (bicyclic) bond motifs is 2. The lowest BCUT2D eigenvalue weighted by Gasteiger charge is -2.29. The van der Waals surface area contributed by atoms with E-state index in [4.69, 9.17) is 15.2 Å². The van der Waals surface area contributed by atoms with E-state index in [9.17, 15) is 28.4 Å². The minimum atomic E-state index is -3.17. The van der Waals surface area contributed by atoms with Crippen LogP contribution < -0.4 is 25.8 Å². The number of pyridine rings is 1. The molecular weight excluding hydrogens is 755 g/mol. The van der Waals surface area contributed by atoms with Crippen molar-refractivity contribution in [1.29, 1.82) is 5.26 Å². The molecule has 13 heteroatoms. The number of benzene rings is 4. The Balaban J connectivity index is 1.08. The Labute approximate surface area is 341 Å². The third-order valence-electron chi connectivity index (χ3n) is 11.5. The molecule has 1 aromatic heterocycles. The van der Waals surface area contributed by atoms with Crippen LogP contribution in [-0.2, 0) is 16.0 Å². The van der Waals surface area contributed by atoms with Crippen molar-refractivity contribution in [3.05, 3.63) is 102 Å². The van der Waals surface area contributed by atoms with Crippen molar-refractivity contribution in [3.8, 4) is 28.7 Å². The number of rotatable bonds is 14. The predicted molar refractivity (Wildman–Crippen MR) is 221 cm³/mol. The number of nitriles is 1. The van der Waals surface area contributed by atoms with Crippen molar-refractivity contribution in [2.75, 3.05) is 33.4 Å². The van der Waals surface area contributed by atoms with Crippen LogP contribution in [0.1, 0.15) is 54.4 Å². The van der Waals surface area contributed by atoms with Gasteiger partial charge in [-0.2, -0.15) is 5.26 Å². The average molecular weight is 803 g/mol. The Hall–Kier alpha value is -6.13. The summed E-state index contributed by atoms with van der Waals surface area (Å²) in [7, 11) is 1.57. The van der Waals surface area contributed by atoms with Crippen LogP contribution in [-0.4, -0.2) is 79.0 Å². The Kier molecular flexibility index (Phi) is 12.7. The predicted octanol–water partition coefficient (Wildman–Crippen LogP) is 6.81. The number of aromatic nitrogens is 1. The van der Waals surface area contributed by atoms with E-state index in [1.807, 2.05) is 36.4 Å². The third kappa shape index (κ3) is 9.78. The van der Waals surface area contributed by atoms with Crippen LogP contribution in [0.25, 0.3) is 32.8 Å². The molecule has 4 N–H and O–H groups in total. The standard InChI is InChI=1S/C46H48F2N6O5/c1-58-37-13-14-38(34-12-15-41-40(22-34)39(16-18-51-41)45(57)52-27-43(55)54-28-46(47,48)24-36(54)26-50)42(23-37)59-19-17-35(53-44(56)32-10-6-29(25-49)7-11-32)21-30-8-9-31-4-2-3-5-33(31)20-30/h2-5,8-9,12-16,18,20,22-23,29,32,35-36H,6-7,10-11,17,19,21,24-25,27-28,49H2,1H3,(H,52,57)(H,53,56)/t29?,32?,35-,36-/m0/s1. The molecule has 306 valence electrons. The number of hydrogen-bond acceptors (Lipinski definition) is 8. The van der Waals surface area contributed by atoms with Crippen LogP contribution >= 0.6 is 0 Å². The first kappa shape index (κ1) is 41.0. The second-order valence-corrected chi connectivity index (χ2v) is 15.5. The van der Waals surface area contributed by atoms with E-state index in [2.05, 4.69) is 45.9 Å². The highest BCUT2D eigenvalue weighted by Crippen LogP contribution is 2.36. The van der Waals surface area contributed by atoms with Crippen molar-refractivity contribution in [2.45, 2.75) is 63.0 Å². The van der Waals surface area contributed by atoms with Gasteiger partial charge >= 0.3 is 0 Å². The van der Waals surface area contributed by atoms with Gasteiger partial charge in [0.1, 0.15) is 17.5 Å². The van der Waals surface area contributed by atoms with E-state index in [1.165, 1.54) is 12.3 Å². The second kappa shape index (κ2) is 18.2. The summed E-state index contributed by atoms with van der Waals surface area (Å²) in [5.74, 6) is -2.93. The third-order valence-corrected chi connectivity index (χ3v) is 11.5. The monoisotopic (exact) mass is 802 g/mol. The van der Waals surface area contributed by atoms with Crippen molar-refractivity contribution in [1.82, 2.24) is 20.5 Å². The first-order valence-corrected chi connectivity index (χ1v) is 20.1. The van der Waals surface area contributed by atoms with Crippen LogP contribution in [0.2, 0.25) is 0 Å². The molecular formula is C46H48F2N6O5. The van der Waals surface area contributed by atoms with Gasteiger partial charge in [-0.1, -0.05) is 48.5 Å². The summed E-state index contributed by atoms with van der Waals surface area (Å²) in [5.41, 5.74) is 9.23. The number of carbonyl (C=O) groups is 3. The molecule has 2 heterocycles. The molecule has 0 radical (unpaired) electrons. The van der Waals surface area contributed by atoms with E-state index >= 15 is 0 Å². The zero-order chi connectivity index (χ0) is 41.5. The van der Waals surface area contributed by atoms with E-state index in [1.54, 1.807) is 25.3 Å². The Morgan fingerprint density at radius 2 is 1.80 bits per heavy atom. The summed E-state index contributed by atoms with van der Waals surface area (Å²) < 4.78 is 40.0. The van der Waals surface area contributed by atoms with Crippen LogP contribution in [0.15, 0.2) is 91.1 Å². The number of hydrogen-bond donors (Lipinski definition) is 3. The number of ether oxygens (including phenoxy) is 2. The fraction of sp³-hybridized carbons (Fsp3) is 0.370. The van der Waals surface area contributed by atoms with Crippen molar-refractivity contribution < 1.29 is 32.6 Å². The molecule has 2 fully saturated rings. The average Bonchev–Trinajstić information content (AvgIpc) is 3.59. The Morgan fingerprint density at radius 1 is 1.00 bits per heavy atom. The van der Waals surface area contributed by atoms with Crippen molar-refractivity contribution in [3.63, 3.8) is 0 Å². The minimum absolute atomic E-state index is 0.0494. The summed E-state index contributed by atoms with van der Waals surface area (Å²) in [6.07, 6.45) is 5.45. The van der Waals surface area contributed by atoms with Crippen LogP contribution in [0.3, 0.4) is 0 Å². The maximum atomic E-state index is 14.0. The number of halogens is 2. The lowest BCUT2D eigenvalue weighted by Crippen LogP contribution is -2.43. The van der Waals surface area contributed by atoms with Gasteiger partial charge in [-0.3, -0.25) is 19.4 Å². The number of nitrogens with one attached hydrogen (secondary N) is 2. The van der Waals surface area contributed by atoms with Gasteiger partial charge in [-0.25, -0.2) is 8.78 Å². The second-order valence-electron chi connectivity index (χ2n) is 15.5. The number of carbonyl (C=O) groups excluding carboxylic acids is 3. The number of methoxy groups -OCH3 is 1. The molecule has 0 spiro atoms. The molecule has 7 rings (SSSR count). The molecule has 59 heavy (non-hydrogen) atoms. The van der Waals surface area contributed by atoms with Gasteiger partial charge < -0.3 is 30.7 Å². The molecule has 1 aliphatic heterocycles. The largest absolute Gasteiger partial charge is 0.497 e. The SMILES string of the molecule is COc1ccc(-c2ccc3nccc(C(=O)NCC(=O)N4CC(F)(F)C[C@H]4C#N)c3c2)c(OCC[C@@H](Cc2ccc3ccccc3c2)NC(=O)C2CCC(CN)CC2)c1. The number of nitrogens with two attached hydrogens (primary N) is 1. The molecule has 0 unspecified atom stereocenters. The van der Waals surface area contributed by atoms with Crippen molar-refractivity contribution in [2.24, 2.45) is 17.6 Å². The minimum Gasteiger partial charge on any atom is -0.497 e. The first-order chi connectivity index (χ1) is 28.5. The van der Waals surface area contributed by atoms with Gasteiger partial charge in [-0.15, -0.1) is 0 Å². The fourth-order valence-electron chi connectivity index (χ4n) is 8.21. The number of amides is 3. The zero-order valence-electron chi connectivity index (χ0n) is 33.0. The van der Waals surface area contributed by atoms with E-state index in [0.29, 0.717) is 47.7 Å². The van der Waals surface area contributed by atoms with Gasteiger partial charge in [0.2, 0.25) is 11.8 Å². The molecule has 1 saturated carbocycles. The van der Waals surface area contributed by atoms with Gasteiger partial charge in [-0.05, 0) is 96.8 Å².